The van der Waals surface area contributed by atoms with Crippen LogP contribution in [0.2, 0.25) is 0 Å². The predicted molar refractivity (Wildman–Crippen MR) is 115 cm³/mol. The Morgan fingerprint density at radius 3 is 2.10 bits per heavy atom. The largest absolute Gasteiger partial charge is 0.238 e. The van der Waals surface area contributed by atoms with Crippen LogP contribution in [0.25, 0.3) is 21.7 Å². The van der Waals surface area contributed by atoms with Gasteiger partial charge in [-0.25, -0.2) is 22.9 Å². The highest BCUT2D eigenvalue weighted by Gasteiger charge is 2.17. The molecule has 4 aromatic rings. The number of nitrogens with zero attached hydrogens (tertiary/aromatic N) is 1. The molecule has 1 heterocycles. The number of sulfonamides is 1. The van der Waals surface area contributed by atoms with Crippen LogP contribution >= 0.6 is 23.1 Å². The summed E-state index contributed by atoms with van der Waals surface area (Å²) in [4.78, 5) is 6.75. The number of hydrogen-bond acceptors (Lipinski definition) is 5. The van der Waals surface area contributed by atoms with E-state index in [0.717, 1.165) is 25.2 Å². The van der Waals surface area contributed by atoms with Gasteiger partial charge in [0.25, 0.3) is 0 Å². The lowest BCUT2D eigenvalue weighted by atomic mass is 10.1. The van der Waals surface area contributed by atoms with Gasteiger partial charge in [0, 0.05) is 10.5 Å². The van der Waals surface area contributed by atoms with E-state index in [9.17, 15) is 12.8 Å². The molecule has 0 saturated carbocycles. The number of halogens is 1. The van der Waals surface area contributed by atoms with E-state index < -0.39 is 10.0 Å². The SMILES string of the molecule is NS(=O)(=O)c1ccc(-c2nc(Sc3ccccc3)sc2-c2ccc(F)cc2)cc1. The third kappa shape index (κ3) is 4.56. The van der Waals surface area contributed by atoms with Gasteiger partial charge in [-0.3, -0.25) is 0 Å². The van der Waals surface area contributed by atoms with E-state index in [0.29, 0.717) is 5.69 Å². The van der Waals surface area contributed by atoms with Crippen molar-refractivity contribution in [2.45, 2.75) is 14.1 Å². The first-order chi connectivity index (χ1) is 13.9. The summed E-state index contributed by atoms with van der Waals surface area (Å²) in [6, 6.07) is 22.4. The number of rotatable bonds is 5. The molecule has 4 nitrogen and oxygen atoms in total. The molecule has 29 heavy (non-hydrogen) atoms. The Kier molecular flexibility index (Phi) is 5.51. The van der Waals surface area contributed by atoms with E-state index in [1.54, 1.807) is 24.3 Å². The topological polar surface area (TPSA) is 73.1 Å². The van der Waals surface area contributed by atoms with Gasteiger partial charge >= 0.3 is 0 Å². The van der Waals surface area contributed by atoms with Crippen molar-refractivity contribution < 1.29 is 12.8 Å². The van der Waals surface area contributed by atoms with E-state index in [-0.39, 0.29) is 10.7 Å². The highest BCUT2D eigenvalue weighted by molar-refractivity contribution is 8.01. The van der Waals surface area contributed by atoms with Gasteiger partial charge in [0.1, 0.15) is 5.82 Å². The highest BCUT2D eigenvalue weighted by Crippen LogP contribution is 2.42. The molecule has 0 radical (unpaired) electrons. The first-order valence-corrected chi connectivity index (χ1v) is 11.7. The van der Waals surface area contributed by atoms with Crippen molar-refractivity contribution in [1.82, 2.24) is 4.98 Å². The van der Waals surface area contributed by atoms with E-state index >= 15 is 0 Å². The molecule has 4 rings (SSSR count). The van der Waals surface area contributed by atoms with E-state index in [4.69, 9.17) is 10.1 Å². The molecular weight excluding hydrogens is 427 g/mol. The molecule has 8 heteroatoms. The van der Waals surface area contributed by atoms with Crippen molar-refractivity contribution in [3.05, 3.63) is 84.7 Å². The molecule has 0 aliphatic heterocycles. The standard InChI is InChI=1S/C21H15FN2O2S3/c22-16-10-6-15(7-11-16)20-19(14-8-12-18(13-9-14)29(23,25)26)24-21(28-20)27-17-4-2-1-3-5-17/h1-13H,(H2,23,25,26). The third-order valence-corrected chi connectivity index (χ3v) is 7.22. The van der Waals surface area contributed by atoms with Crippen molar-refractivity contribution in [1.29, 1.82) is 0 Å². The predicted octanol–water partition coefficient (Wildman–Crippen LogP) is 5.41. The van der Waals surface area contributed by atoms with Crippen molar-refractivity contribution in [2.24, 2.45) is 5.14 Å². The Balaban J connectivity index is 1.79. The fourth-order valence-electron chi connectivity index (χ4n) is 2.73. The molecule has 146 valence electrons. The summed E-state index contributed by atoms with van der Waals surface area (Å²) in [5.74, 6) is -0.309. The number of nitrogens with two attached hydrogens (primary N) is 1. The van der Waals surface area contributed by atoms with Crippen LogP contribution in [0.3, 0.4) is 0 Å². The van der Waals surface area contributed by atoms with Gasteiger partial charge < -0.3 is 0 Å². The first-order valence-electron chi connectivity index (χ1n) is 8.53. The van der Waals surface area contributed by atoms with Gasteiger partial charge in [-0.1, -0.05) is 54.2 Å². The summed E-state index contributed by atoms with van der Waals surface area (Å²) in [6.45, 7) is 0. The highest BCUT2D eigenvalue weighted by atomic mass is 32.2. The average molecular weight is 443 g/mol. The third-order valence-electron chi connectivity index (χ3n) is 4.12. The molecular formula is C21H15FN2O2S3. The Morgan fingerprint density at radius 2 is 1.48 bits per heavy atom. The van der Waals surface area contributed by atoms with E-state index in [2.05, 4.69) is 0 Å². The van der Waals surface area contributed by atoms with Crippen molar-refractivity contribution in [2.75, 3.05) is 0 Å². The lowest BCUT2D eigenvalue weighted by molar-refractivity contribution is 0.598. The van der Waals surface area contributed by atoms with Crippen LogP contribution < -0.4 is 5.14 Å². The molecule has 1 aromatic heterocycles. The van der Waals surface area contributed by atoms with Crippen LogP contribution in [0.1, 0.15) is 0 Å². The number of benzene rings is 3. The molecule has 0 atom stereocenters. The molecule has 0 aliphatic carbocycles. The zero-order valence-corrected chi connectivity index (χ0v) is 17.4. The number of aromatic nitrogens is 1. The lowest BCUT2D eigenvalue weighted by Gasteiger charge is -2.04. The minimum atomic E-state index is -3.77. The summed E-state index contributed by atoms with van der Waals surface area (Å²) in [5, 5.41) is 5.19. The number of primary sulfonamides is 1. The minimum absolute atomic E-state index is 0.0405. The van der Waals surface area contributed by atoms with Gasteiger partial charge in [0.05, 0.1) is 15.5 Å². The summed E-state index contributed by atoms with van der Waals surface area (Å²) < 4.78 is 37.3. The summed E-state index contributed by atoms with van der Waals surface area (Å²) in [6.07, 6.45) is 0. The van der Waals surface area contributed by atoms with Crippen LogP contribution in [0.15, 0.2) is 93.0 Å². The fraction of sp³-hybridized carbons (Fsp3) is 0. The normalized spacial score (nSPS) is 11.5. The molecule has 0 spiro atoms. The Hall–Kier alpha value is -2.52. The van der Waals surface area contributed by atoms with Crippen LogP contribution in [0.4, 0.5) is 4.39 Å². The number of thiazole rings is 1. The van der Waals surface area contributed by atoms with Crippen LogP contribution in [-0.4, -0.2) is 13.4 Å². The van der Waals surface area contributed by atoms with Crippen molar-refractivity contribution >= 4 is 33.1 Å². The van der Waals surface area contributed by atoms with Crippen LogP contribution in [0.5, 0.6) is 0 Å². The molecule has 2 N–H and O–H groups in total. The fourth-order valence-corrected chi connectivity index (χ4v) is 5.41. The van der Waals surface area contributed by atoms with Gasteiger partial charge in [-0.05, 0) is 42.0 Å². The number of hydrogen-bond donors (Lipinski definition) is 1. The maximum atomic E-state index is 13.4. The van der Waals surface area contributed by atoms with Gasteiger partial charge in [0.2, 0.25) is 10.0 Å². The first kappa shape index (κ1) is 19.8. The molecule has 0 saturated heterocycles. The van der Waals surface area contributed by atoms with Crippen molar-refractivity contribution in [3.63, 3.8) is 0 Å². The molecule has 3 aromatic carbocycles. The summed E-state index contributed by atoms with van der Waals surface area (Å²) >= 11 is 3.04. The molecule has 0 amide bonds. The Bertz CT molecular complexity index is 1240. The Labute approximate surface area is 176 Å². The zero-order valence-electron chi connectivity index (χ0n) is 14.9. The van der Waals surface area contributed by atoms with E-state index in [1.165, 1.54) is 47.4 Å². The minimum Gasteiger partial charge on any atom is -0.229 e. The van der Waals surface area contributed by atoms with Crippen molar-refractivity contribution in [3.8, 4) is 21.7 Å². The molecule has 0 bridgehead atoms. The smallest absolute Gasteiger partial charge is 0.229 e. The molecule has 0 fully saturated rings. The van der Waals surface area contributed by atoms with E-state index in [1.807, 2.05) is 30.3 Å². The summed E-state index contributed by atoms with van der Waals surface area (Å²) in [5.41, 5.74) is 2.31. The molecule has 0 unspecified atom stereocenters. The average Bonchev–Trinajstić information content (AvgIpc) is 3.12. The zero-order chi connectivity index (χ0) is 20.4. The second-order valence-corrected chi connectivity index (χ2v) is 10.0. The van der Waals surface area contributed by atoms with Gasteiger partial charge in [0.15, 0.2) is 4.34 Å². The quantitative estimate of drug-likeness (QED) is 0.448. The maximum absolute atomic E-state index is 13.4. The van der Waals surface area contributed by atoms with Gasteiger partial charge in [-0.2, -0.15) is 0 Å². The Morgan fingerprint density at radius 1 is 0.862 bits per heavy atom. The molecule has 0 aliphatic rings. The lowest BCUT2D eigenvalue weighted by Crippen LogP contribution is -2.11. The summed E-state index contributed by atoms with van der Waals surface area (Å²) in [7, 11) is -3.77. The second kappa shape index (κ2) is 8.08. The van der Waals surface area contributed by atoms with Crippen LogP contribution in [-0.2, 0) is 10.0 Å². The second-order valence-electron chi connectivity index (χ2n) is 6.15. The maximum Gasteiger partial charge on any atom is 0.238 e. The monoisotopic (exact) mass is 442 g/mol. The van der Waals surface area contributed by atoms with Crippen LogP contribution in [0, 0.1) is 5.82 Å². The van der Waals surface area contributed by atoms with Gasteiger partial charge in [-0.15, -0.1) is 11.3 Å².